The highest BCUT2D eigenvalue weighted by Gasteiger charge is 2.08. The number of rotatable bonds is 4. The average molecular weight is 232 g/mol. The zero-order valence-electron chi connectivity index (χ0n) is 8.96. The zero-order valence-corrected chi connectivity index (χ0v) is 9.78. The normalized spacial score (nSPS) is 10.3. The molecule has 1 heterocycles. The van der Waals surface area contributed by atoms with Crippen LogP contribution in [0.5, 0.6) is 0 Å². The molecule has 0 aliphatic heterocycles. The molecule has 1 aromatic carbocycles. The fourth-order valence-corrected chi connectivity index (χ4v) is 2.13. The maximum absolute atomic E-state index is 11.8. The molecule has 0 unspecified atom stereocenters. The Labute approximate surface area is 98.5 Å². The van der Waals surface area contributed by atoms with Crippen LogP contribution in [0.15, 0.2) is 47.6 Å². The Morgan fingerprint density at radius 2 is 2.12 bits per heavy atom. The molecule has 0 saturated heterocycles. The smallest absolute Gasteiger partial charge is 0.176 e. The van der Waals surface area contributed by atoms with Gasteiger partial charge in [-0.05, 0) is 12.1 Å². The standard InChI is InChI=1S/C12H12N2OS/c1-14-8-10(7-13-14)12(15)9-16-11-5-3-2-4-6-11/h2-8H,9H2,1H3. The minimum absolute atomic E-state index is 0.113. The highest BCUT2D eigenvalue weighted by atomic mass is 32.2. The summed E-state index contributed by atoms with van der Waals surface area (Å²) in [6.07, 6.45) is 3.35. The molecular weight excluding hydrogens is 220 g/mol. The van der Waals surface area contributed by atoms with Gasteiger partial charge in [-0.2, -0.15) is 5.10 Å². The van der Waals surface area contributed by atoms with E-state index in [2.05, 4.69) is 5.10 Å². The van der Waals surface area contributed by atoms with Crippen LogP contribution in [0.4, 0.5) is 0 Å². The number of carbonyl (C=O) groups excluding carboxylic acids is 1. The van der Waals surface area contributed by atoms with Gasteiger partial charge in [-0.1, -0.05) is 18.2 Å². The third kappa shape index (κ3) is 2.73. The maximum atomic E-state index is 11.8. The van der Waals surface area contributed by atoms with Gasteiger partial charge in [-0.25, -0.2) is 0 Å². The van der Waals surface area contributed by atoms with Crippen molar-refractivity contribution in [3.8, 4) is 0 Å². The number of Topliss-reactive ketones (excluding diaryl/α,β-unsaturated/α-hetero) is 1. The monoisotopic (exact) mass is 232 g/mol. The van der Waals surface area contributed by atoms with Gasteiger partial charge in [-0.15, -0.1) is 11.8 Å². The second-order valence-electron chi connectivity index (χ2n) is 3.43. The third-order valence-electron chi connectivity index (χ3n) is 2.14. The molecule has 82 valence electrons. The summed E-state index contributed by atoms with van der Waals surface area (Å²) in [6.45, 7) is 0. The number of nitrogens with zero attached hydrogens (tertiary/aromatic N) is 2. The number of hydrogen-bond acceptors (Lipinski definition) is 3. The molecule has 0 amide bonds. The molecule has 16 heavy (non-hydrogen) atoms. The van der Waals surface area contributed by atoms with Gasteiger partial charge >= 0.3 is 0 Å². The maximum Gasteiger partial charge on any atom is 0.176 e. The van der Waals surface area contributed by atoms with E-state index in [9.17, 15) is 4.79 Å². The van der Waals surface area contributed by atoms with Crippen molar-refractivity contribution in [3.05, 3.63) is 48.3 Å². The van der Waals surface area contributed by atoms with Gasteiger partial charge in [0.25, 0.3) is 0 Å². The second kappa shape index (κ2) is 4.99. The van der Waals surface area contributed by atoms with Crippen molar-refractivity contribution < 1.29 is 4.79 Å². The molecule has 0 aliphatic carbocycles. The van der Waals surface area contributed by atoms with Crippen LogP contribution in [0.2, 0.25) is 0 Å². The molecule has 0 spiro atoms. The van der Waals surface area contributed by atoms with Crippen LogP contribution in [0, 0.1) is 0 Å². The second-order valence-corrected chi connectivity index (χ2v) is 4.48. The quantitative estimate of drug-likeness (QED) is 0.599. The van der Waals surface area contributed by atoms with Crippen LogP contribution in [0.3, 0.4) is 0 Å². The minimum Gasteiger partial charge on any atom is -0.293 e. The van der Waals surface area contributed by atoms with Crippen LogP contribution < -0.4 is 0 Å². The SMILES string of the molecule is Cn1cc(C(=O)CSc2ccccc2)cn1. The van der Waals surface area contributed by atoms with Crippen LogP contribution >= 0.6 is 11.8 Å². The van der Waals surface area contributed by atoms with E-state index in [-0.39, 0.29) is 5.78 Å². The number of ketones is 1. The molecule has 1 aromatic heterocycles. The molecule has 2 rings (SSSR count). The Morgan fingerprint density at radius 3 is 2.75 bits per heavy atom. The van der Waals surface area contributed by atoms with Crippen LogP contribution in [-0.4, -0.2) is 21.3 Å². The summed E-state index contributed by atoms with van der Waals surface area (Å²) in [4.78, 5) is 12.9. The average Bonchev–Trinajstić information content (AvgIpc) is 2.74. The number of carbonyl (C=O) groups is 1. The first-order valence-corrected chi connectivity index (χ1v) is 5.94. The lowest BCUT2D eigenvalue weighted by Gasteiger charge is -1.98. The summed E-state index contributed by atoms with van der Waals surface area (Å²) < 4.78 is 1.64. The first-order valence-electron chi connectivity index (χ1n) is 4.95. The van der Waals surface area contributed by atoms with E-state index >= 15 is 0 Å². The fourth-order valence-electron chi connectivity index (χ4n) is 1.31. The van der Waals surface area contributed by atoms with Gasteiger partial charge < -0.3 is 0 Å². The summed E-state index contributed by atoms with van der Waals surface area (Å²) in [7, 11) is 1.81. The number of aromatic nitrogens is 2. The third-order valence-corrected chi connectivity index (χ3v) is 3.15. The topological polar surface area (TPSA) is 34.9 Å². The predicted molar refractivity (Wildman–Crippen MR) is 64.7 cm³/mol. The first-order chi connectivity index (χ1) is 7.75. The molecule has 0 bridgehead atoms. The van der Waals surface area contributed by atoms with Gasteiger partial charge in [0.2, 0.25) is 0 Å². The summed E-state index contributed by atoms with van der Waals surface area (Å²) in [6, 6.07) is 9.91. The van der Waals surface area contributed by atoms with Crippen molar-refractivity contribution in [2.75, 3.05) is 5.75 Å². The molecule has 2 aromatic rings. The van der Waals surface area contributed by atoms with Crippen molar-refractivity contribution in [2.45, 2.75) is 4.90 Å². The number of aryl methyl sites for hydroxylation is 1. The molecule has 0 aliphatic rings. The van der Waals surface area contributed by atoms with Crippen molar-refractivity contribution in [2.24, 2.45) is 7.05 Å². The molecule has 0 fully saturated rings. The van der Waals surface area contributed by atoms with Gasteiger partial charge in [0.1, 0.15) is 0 Å². The summed E-state index contributed by atoms with van der Waals surface area (Å²) in [5.74, 6) is 0.567. The van der Waals surface area contributed by atoms with Gasteiger partial charge in [0, 0.05) is 18.1 Å². The van der Waals surface area contributed by atoms with E-state index in [4.69, 9.17) is 0 Å². The van der Waals surface area contributed by atoms with Crippen molar-refractivity contribution in [1.82, 2.24) is 9.78 Å². The summed E-state index contributed by atoms with van der Waals surface area (Å²) in [5, 5.41) is 3.98. The van der Waals surface area contributed by atoms with Gasteiger partial charge in [0.05, 0.1) is 17.5 Å². The van der Waals surface area contributed by atoms with Crippen LogP contribution in [0.25, 0.3) is 0 Å². The molecular formula is C12H12N2OS. The predicted octanol–water partition coefficient (Wildman–Crippen LogP) is 2.40. The molecule has 0 saturated carbocycles. The lowest BCUT2D eigenvalue weighted by Crippen LogP contribution is -2.00. The Bertz CT molecular complexity index is 479. The molecule has 0 radical (unpaired) electrons. The van der Waals surface area contributed by atoms with E-state index in [0.717, 1.165) is 4.90 Å². The Hall–Kier alpha value is -1.55. The first kappa shape index (κ1) is 11.0. The highest BCUT2D eigenvalue weighted by Crippen LogP contribution is 2.18. The van der Waals surface area contributed by atoms with Crippen LogP contribution in [0.1, 0.15) is 10.4 Å². The van der Waals surface area contributed by atoms with E-state index in [1.54, 1.807) is 35.9 Å². The number of thioether (sulfide) groups is 1. The van der Waals surface area contributed by atoms with E-state index in [0.29, 0.717) is 11.3 Å². The van der Waals surface area contributed by atoms with E-state index in [1.165, 1.54) is 0 Å². The van der Waals surface area contributed by atoms with E-state index in [1.807, 2.05) is 30.3 Å². The Kier molecular flexibility index (Phi) is 3.41. The van der Waals surface area contributed by atoms with Crippen molar-refractivity contribution in [1.29, 1.82) is 0 Å². The number of benzene rings is 1. The van der Waals surface area contributed by atoms with Crippen molar-refractivity contribution in [3.63, 3.8) is 0 Å². The van der Waals surface area contributed by atoms with Crippen molar-refractivity contribution >= 4 is 17.5 Å². The zero-order chi connectivity index (χ0) is 11.4. The lowest BCUT2D eigenvalue weighted by atomic mass is 10.3. The Balaban J connectivity index is 1.94. The minimum atomic E-state index is 0.113. The van der Waals surface area contributed by atoms with Gasteiger partial charge in [0.15, 0.2) is 5.78 Å². The molecule has 4 heteroatoms. The van der Waals surface area contributed by atoms with Crippen LogP contribution in [-0.2, 0) is 7.05 Å². The molecule has 0 atom stereocenters. The fraction of sp³-hybridized carbons (Fsp3) is 0.167. The summed E-state index contributed by atoms with van der Waals surface area (Å²) >= 11 is 1.55. The highest BCUT2D eigenvalue weighted by molar-refractivity contribution is 8.00. The summed E-state index contributed by atoms with van der Waals surface area (Å²) in [5.41, 5.74) is 0.672. The number of hydrogen-bond donors (Lipinski definition) is 0. The largest absolute Gasteiger partial charge is 0.293 e. The Morgan fingerprint density at radius 1 is 1.38 bits per heavy atom. The van der Waals surface area contributed by atoms with Gasteiger partial charge in [-0.3, -0.25) is 9.48 Å². The molecule has 3 nitrogen and oxygen atoms in total. The molecule has 0 N–H and O–H groups in total. The van der Waals surface area contributed by atoms with E-state index < -0.39 is 0 Å². The lowest BCUT2D eigenvalue weighted by molar-refractivity contribution is 0.102.